The van der Waals surface area contributed by atoms with Crippen molar-refractivity contribution in [2.75, 3.05) is 0 Å². The summed E-state index contributed by atoms with van der Waals surface area (Å²) in [5.74, 6) is 0. The molecule has 0 saturated carbocycles. The second-order valence-corrected chi connectivity index (χ2v) is 20.1. The molecular formula is C72H46N4. The van der Waals surface area contributed by atoms with E-state index in [4.69, 9.17) is 0 Å². The first kappa shape index (κ1) is 42.4. The van der Waals surface area contributed by atoms with Gasteiger partial charge in [0.15, 0.2) is 0 Å². The van der Waals surface area contributed by atoms with Crippen LogP contribution in [-0.2, 0) is 0 Å². The van der Waals surface area contributed by atoms with E-state index in [0.717, 1.165) is 28.3 Å². The first-order valence-corrected chi connectivity index (χ1v) is 26.2. The minimum atomic E-state index is 1.12. The van der Waals surface area contributed by atoms with Gasteiger partial charge in [-0.15, -0.1) is 0 Å². The van der Waals surface area contributed by atoms with Crippen LogP contribution >= 0.6 is 0 Å². The minimum Gasteiger partial charge on any atom is -0.309 e. The normalized spacial score (nSPS) is 11.9. The third-order valence-corrected chi connectivity index (χ3v) is 15.9. The Morgan fingerprint density at radius 2 is 0.539 bits per heavy atom. The molecule has 0 atom stereocenters. The summed E-state index contributed by atoms with van der Waals surface area (Å²) < 4.78 is 9.92. The lowest BCUT2D eigenvalue weighted by Crippen LogP contribution is -1.98. The SMILES string of the molecule is c1ccc(-c2cc(-c3ccccc3)cc(-n3c4ccc(-c5ccc6c(c5)c5ccc7c8ccccc8n(-c8ccccc8)c7c5n6-c5ccccc5)cc4c4ccc5c(c6ccccc6n5-c5ccccc5)c43)c2)cc1. The van der Waals surface area contributed by atoms with Gasteiger partial charge in [0.05, 0.1) is 44.1 Å². The van der Waals surface area contributed by atoms with Gasteiger partial charge < -0.3 is 18.3 Å². The Hall–Kier alpha value is -10.2. The summed E-state index contributed by atoms with van der Waals surface area (Å²) in [6.45, 7) is 0. The molecule has 16 aromatic rings. The number of hydrogen-bond donors (Lipinski definition) is 0. The second kappa shape index (κ2) is 16.7. The molecule has 4 aromatic heterocycles. The number of aromatic nitrogens is 4. The molecule has 0 saturated heterocycles. The Morgan fingerprint density at radius 1 is 0.171 bits per heavy atom. The molecule has 0 fully saturated rings. The molecule has 0 spiro atoms. The summed E-state index contributed by atoms with van der Waals surface area (Å²) in [4.78, 5) is 0. The van der Waals surface area contributed by atoms with Gasteiger partial charge in [0.25, 0.3) is 0 Å². The molecule has 4 heteroatoms. The molecule has 4 nitrogen and oxygen atoms in total. The smallest absolute Gasteiger partial charge is 0.0788 e. The highest BCUT2D eigenvalue weighted by Gasteiger charge is 2.24. The van der Waals surface area contributed by atoms with Crippen LogP contribution in [-0.4, -0.2) is 18.3 Å². The first-order chi connectivity index (χ1) is 37.7. The third-order valence-electron chi connectivity index (χ3n) is 15.9. The Labute approximate surface area is 438 Å². The summed E-state index contributed by atoms with van der Waals surface area (Å²) in [6.07, 6.45) is 0. The van der Waals surface area contributed by atoms with Crippen LogP contribution in [0.3, 0.4) is 0 Å². The fourth-order valence-corrected chi connectivity index (χ4v) is 12.6. The molecule has 0 N–H and O–H groups in total. The van der Waals surface area contributed by atoms with Crippen LogP contribution in [0.5, 0.6) is 0 Å². The number of nitrogens with zero attached hydrogens (tertiary/aromatic N) is 4. The molecule has 354 valence electrons. The fraction of sp³-hybridized carbons (Fsp3) is 0. The average Bonchev–Trinajstić information content (AvgIpc) is 4.26. The van der Waals surface area contributed by atoms with E-state index in [1.165, 1.54) is 115 Å². The van der Waals surface area contributed by atoms with Crippen LogP contribution in [0.15, 0.2) is 279 Å². The van der Waals surface area contributed by atoms with E-state index in [1.54, 1.807) is 0 Å². The van der Waals surface area contributed by atoms with Crippen molar-refractivity contribution in [3.63, 3.8) is 0 Å². The first-order valence-electron chi connectivity index (χ1n) is 26.2. The van der Waals surface area contributed by atoms with Gasteiger partial charge in [-0.1, -0.05) is 182 Å². The van der Waals surface area contributed by atoms with E-state index < -0.39 is 0 Å². The highest BCUT2D eigenvalue weighted by molar-refractivity contribution is 6.27. The van der Waals surface area contributed by atoms with Gasteiger partial charge in [-0.2, -0.15) is 0 Å². The monoisotopic (exact) mass is 966 g/mol. The lowest BCUT2D eigenvalue weighted by atomic mass is 9.98. The molecule has 0 aliphatic heterocycles. The molecule has 4 heterocycles. The van der Waals surface area contributed by atoms with Gasteiger partial charge in [0.1, 0.15) is 0 Å². The third kappa shape index (κ3) is 6.31. The predicted octanol–water partition coefficient (Wildman–Crippen LogP) is 19.1. The van der Waals surface area contributed by atoms with Crippen molar-refractivity contribution in [3.8, 4) is 56.1 Å². The van der Waals surface area contributed by atoms with Crippen molar-refractivity contribution in [2.45, 2.75) is 0 Å². The van der Waals surface area contributed by atoms with Crippen molar-refractivity contribution < 1.29 is 0 Å². The number of fused-ring (bicyclic) bond motifs is 14. The van der Waals surface area contributed by atoms with Gasteiger partial charge in [0.2, 0.25) is 0 Å². The minimum absolute atomic E-state index is 1.12. The standard InChI is InChI=1S/C72H46N4/c1-6-20-47(21-7-1)51-42-52(48-22-8-2-9-23-48)44-56(43-51)76-67-40-35-49(45-62(67)59-38-41-68-69(70(59)76)61-31-17-19-33-65(61)73(68)53-24-10-3-11-25-53)50-34-39-66-63(46-50)60-37-36-58-57-30-16-18-32-64(57)74(54-26-12-4-13-27-54)71(58)72(60)75(66)55-28-14-5-15-29-55/h1-46H. The average molecular weight is 967 g/mol. The Morgan fingerprint density at radius 3 is 1.07 bits per heavy atom. The maximum absolute atomic E-state index is 2.55. The largest absolute Gasteiger partial charge is 0.309 e. The van der Waals surface area contributed by atoms with Crippen LogP contribution in [0.25, 0.3) is 143 Å². The summed E-state index contributed by atoms with van der Waals surface area (Å²) in [6, 6.07) is 103. The van der Waals surface area contributed by atoms with Crippen LogP contribution in [0.4, 0.5) is 0 Å². The Balaban J connectivity index is 0.984. The topological polar surface area (TPSA) is 19.7 Å². The number of benzene rings is 12. The van der Waals surface area contributed by atoms with Crippen LogP contribution < -0.4 is 0 Å². The van der Waals surface area contributed by atoms with E-state index in [2.05, 4.69) is 297 Å². The van der Waals surface area contributed by atoms with Crippen LogP contribution in [0.1, 0.15) is 0 Å². The molecule has 0 aliphatic rings. The highest BCUT2D eigenvalue weighted by atomic mass is 15.0. The fourth-order valence-electron chi connectivity index (χ4n) is 12.6. The van der Waals surface area contributed by atoms with E-state index in [9.17, 15) is 0 Å². The zero-order chi connectivity index (χ0) is 49.8. The van der Waals surface area contributed by atoms with Crippen molar-refractivity contribution >= 4 is 87.2 Å². The van der Waals surface area contributed by atoms with Crippen molar-refractivity contribution in [2.24, 2.45) is 0 Å². The van der Waals surface area contributed by atoms with Gasteiger partial charge in [-0.25, -0.2) is 0 Å². The molecule has 16 rings (SSSR count). The molecule has 0 amide bonds. The Bertz CT molecular complexity index is 4890. The summed E-state index contributed by atoms with van der Waals surface area (Å²) in [7, 11) is 0. The second-order valence-electron chi connectivity index (χ2n) is 20.1. The van der Waals surface area contributed by atoms with Crippen molar-refractivity contribution in [1.82, 2.24) is 18.3 Å². The van der Waals surface area contributed by atoms with Crippen molar-refractivity contribution in [3.05, 3.63) is 279 Å². The molecular weight excluding hydrogens is 921 g/mol. The summed E-state index contributed by atoms with van der Waals surface area (Å²) >= 11 is 0. The number of hydrogen-bond acceptors (Lipinski definition) is 0. The lowest BCUT2D eigenvalue weighted by molar-refractivity contribution is 1.15. The van der Waals surface area contributed by atoms with E-state index in [0.29, 0.717) is 0 Å². The van der Waals surface area contributed by atoms with E-state index in [1.807, 2.05) is 0 Å². The quantitative estimate of drug-likeness (QED) is 0.152. The summed E-state index contributed by atoms with van der Waals surface area (Å²) in [5.41, 5.74) is 21.1. The lowest BCUT2D eigenvalue weighted by Gasteiger charge is -2.15. The highest BCUT2D eigenvalue weighted by Crippen LogP contribution is 2.46. The van der Waals surface area contributed by atoms with Crippen LogP contribution in [0.2, 0.25) is 0 Å². The van der Waals surface area contributed by atoms with E-state index in [-0.39, 0.29) is 0 Å². The maximum atomic E-state index is 2.55. The molecule has 0 bridgehead atoms. The van der Waals surface area contributed by atoms with Crippen LogP contribution in [0, 0.1) is 0 Å². The zero-order valence-electron chi connectivity index (χ0n) is 41.3. The Kier molecular flexibility index (Phi) is 9.30. The molecule has 0 unspecified atom stereocenters. The van der Waals surface area contributed by atoms with Crippen molar-refractivity contribution in [1.29, 1.82) is 0 Å². The molecule has 12 aromatic carbocycles. The van der Waals surface area contributed by atoms with Gasteiger partial charge in [-0.3, -0.25) is 0 Å². The molecule has 0 radical (unpaired) electrons. The molecule has 76 heavy (non-hydrogen) atoms. The van der Waals surface area contributed by atoms with E-state index >= 15 is 0 Å². The van der Waals surface area contributed by atoms with Gasteiger partial charge in [0, 0.05) is 65.8 Å². The number of para-hydroxylation sites is 5. The van der Waals surface area contributed by atoms with Gasteiger partial charge >= 0.3 is 0 Å². The predicted molar refractivity (Wildman–Crippen MR) is 320 cm³/mol. The summed E-state index contributed by atoms with van der Waals surface area (Å²) in [5, 5.41) is 9.78. The molecule has 0 aliphatic carbocycles. The van der Waals surface area contributed by atoms with Gasteiger partial charge in [-0.05, 0) is 130 Å². The zero-order valence-corrected chi connectivity index (χ0v) is 41.3. The number of rotatable bonds is 7. The maximum Gasteiger partial charge on any atom is 0.0788 e.